The number of rotatable bonds is 4. The second-order valence-electron chi connectivity index (χ2n) is 7.04. The Hall–Kier alpha value is -4.26. The molecule has 2 aromatic heterocycles. The van der Waals surface area contributed by atoms with Crippen LogP contribution in [-0.2, 0) is 4.79 Å². The number of hydrogen-bond acceptors (Lipinski definition) is 4. The van der Waals surface area contributed by atoms with Crippen LogP contribution in [0.5, 0.6) is 0 Å². The summed E-state index contributed by atoms with van der Waals surface area (Å²) in [7, 11) is 0. The average molecular weight is 413 g/mol. The maximum Gasteiger partial charge on any atom is 0.298 e. The summed E-state index contributed by atoms with van der Waals surface area (Å²) in [6.07, 6.45) is 1.36. The third-order valence-corrected chi connectivity index (χ3v) is 5.06. The van der Waals surface area contributed by atoms with E-state index >= 15 is 0 Å². The molecule has 0 saturated heterocycles. The molecular weight excluding hydrogens is 397 g/mol. The van der Waals surface area contributed by atoms with Crippen molar-refractivity contribution in [2.24, 2.45) is 0 Å². The van der Waals surface area contributed by atoms with Gasteiger partial charge in [0.15, 0.2) is 0 Å². The summed E-state index contributed by atoms with van der Waals surface area (Å²) in [5.41, 5.74) is 1.62. The SMILES string of the molecule is O=C(Nc1ccc(F)cc1)C(c1ccccc1)n1cnc2c(oc3ccccc32)c1=O. The van der Waals surface area contributed by atoms with Gasteiger partial charge in [0.25, 0.3) is 11.5 Å². The van der Waals surface area contributed by atoms with Gasteiger partial charge in [0, 0.05) is 11.1 Å². The number of benzene rings is 3. The van der Waals surface area contributed by atoms with Crippen LogP contribution in [0.3, 0.4) is 0 Å². The molecule has 3 aromatic carbocycles. The van der Waals surface area contributed by atoms with E-state index < -0.39 is 23.3 Å². The largest absolute Gasteiger partial charge is 0.448 e. The lowest BCUT2D eigenvalue weighted by Gasteiger charge is -2.19. The zero-order valence-electron chi connectivity index (χ0n) is 16.2. The number of anilines is 1. The van der Waals surface area contributed by atoms with Crippen LogP contribution in [-0.4, -0.2) is 15.5 Å². The first-order valence-electron chi connectivity index (χ1n) is 9.61. The van der Waals surface area contributed by atoms with Crippen LogP contribution in [0.25, 0.3) is 22.1 Å². The Morgan fingerprint density at radius 2 is 1.68 bits per heavy atom. The summed E-state index contributed by atoms with van der Waals surface area (Å²) in [5, 5.41) is 3.47. The minimum atomic E-state index is -0.996. The molecule has 1 amide bonds. The van der Waals surface area contributed by atoms with Crippen molar-refractivity contribution >= 4 is 33.7 Å². The van der Waals surface area contributed by atoms with Crippen LogP contribution in [0.4, 0.5) is 10.1 Å². The van der Waals surface area contributed by atoms with E-state index in [0.29, 0.717) is 22.4 Å². The highest BCUT2D eigenvalue weighted by Crippen LogP contribution is 2.26. The fourth-order valence-corrected chi connectivity index (χ4v) is 3.60. The van der Waals surface area contributed by atoms with Crippen LogP contribution in [0.15, 0.2) is 94.4 Å². The van der Waals surface area contributed by atoms with Crippen LogP contribution in [0, 0.1) is 5.82 Å². The zero-order valence-corrected chi connectivity index (χ0v) is 16.2. The molecule has 1 unspecified atom stereocenters. The van der Waals surface area contributed by atoms with Gasteiger partial charge in [0.05, 0.1) is 6.33 Å². The lowest BCUT2D eigenvalue weighted by atomic mass is 10.1. The van der Waals surface area contributed by atoms with Crippen LogP contribution in [0.2, 0.25) is 0 Å². The normalized spacial score (nSPS) is 12.2. The second kappa shape index (κ2) is 7.53. The molecule has 0 aliphatic heterocycles. The molecule has 152 valence electrons. The number of hydrogen-bond donors (Lipinski definition) is 1. The summed E-state index contributed by atoms with van der Waals surface area (Å²) in [5.74, 6) is -0.870. The molecule has 0 bridgehead atoms. The quantitative estimate of drug-likeness (QED) is 0.470. The summed E-state index contributed by atoms with van der Waals surface area (Å²) in [6.45, 7) is 0. The Morgan fingerprint density at radius 3 is 2.45 bits per heavy atom. The van der Waals surface area contributed by atoms with Gasteiger partial charge in [-0.15, -0.1) is 0 Å². The number of aromatic nitrogens is 2. The smallest absolute Gasteiger partial charge is 0.298 e. The van der Waals surface area contributed by atoms with Gasteiger partial charge in [-0.3, -0.25) is 14.2 Å². The number of amides is 1. The Bertz CT molecular complexity index is 1460. The first-order valence-corrected chi connectivity index (χ1v) is 9.61. The summed E-state index contributed by atoms with van der Waals surface area (Å²) < 4.78 is 20.2. The second-order valence-corrected chi connectivity index (χ2v) is 7.04. The monoisotopic (exact) mass is 413 g/mol. The molecule has 0 aliphatic rings. The molecule has 0 saturated carbocycles. The summed E-state index contributed by atoms with van der Waals surface area (Å²) in [4.78, 5) is 31.0. The van der Waals surface area contributed by atoms with Crippen molar-refractivity contribution in [2.75, 3.05) is 5.32 Å². The number of para-hydroxylation sites is 1. The van der Waals surface area contributed by atoms with Gasteiger partial charge >= 0.3 is 0 Å². The number of carbonyl (C=O) groups is 1. The molecule has 0 spiro atoms. The van der Waals surface area contributed by atoms with Gasteiger partial charge in [0.1, 0.15) is 23.0 Å². The highest BCUT2D eigenvalue weighted by atomic mass is 19.1. The molecule has 0 fully saturated rings. The third-order valence-electron chi connectivity index (χ3n) is 5.06. The molecule has 31 heavy (non-hydrogen) atoms. The van der Waals surface area contributed by atoms with Crippen molar-refractivity contribution in [3.05, 3.63) is 107 Å². The van der Waals surface area contributed by atoms with Gasteiger partial charge < -0.3 is 9.73 Å². The molecule has 1 N–H and O–H groups in total. The van der Waals surface area contributed by atoms with Crippen molar-refractivity contribution < 1.29 is 13.6 Å². The average Bonchev–Trinajstić information content (AvgIpc) is 3.17. The van der Waals surface area contributed by atoms with Crippen molar-refractivity contribution in [1.82, 2.24) is 9.55 Å². The van der Waals surface area contributed by atoms with Crippen molar-refractivity contribution in [1.29, 1.82) is 0 Å². The van der Waals surface area contributed by atoms with Gasteiger partial charge in [-0.2, -0.15) is 0 Å². The number of halogens is 1. The lowest BCUT2D eigenvalue weighted by Crippen LogP contribution is -2.34. The molecule has 0 radical (unpaired) electrons. The maximum absolute atomic E-state index is 13.3. The van der Waals surface area contributed by atoms with E-state index in [1.54, 1.807) is 30.3 Å². The van der Waals surface area contributed by atoms with E-state index in [4.69, 9.17) is 4.42 Å². The fraction of sp³-hybridized carbons (Fsp3) is 0.0417. The molecule has 5 rings (SSSR count). The predicted octanol–water partition coefficient (Wildman–Crippen LogP) is 4.51. The summed E-state index contributed by atoms with van der Waals surface area (Å²) in [6, 6.07) is 20.6. The standard InChI is InChI=1S/C24H16FN3O3/c25-16-10-12-17(13-11-16)27-23(29)21(15-6-2-1-3-7-15)28-14-26-20-18-8-4-5-9-19(18)31-22(20)24(28)30/h1-14,21H,(H,27,29). The van der Waals surface area contributed by atoms with E-state index in [0.717, 1.165) is 5.39 Å². The van der Waals surface area contributed by atoms with Gasteiger partial charge in [-0.25, -0.2) is 9.37 Å². The molecule has 1 atom stereocenters. The summed E-state index contributed by atoms with van der Waals surface area (Å²) >= 11 is 0. The maximum atomic E-state index is 13.3. The molecule has 2 heterocycles. The molecule has 5 aromatic rings. The number of furan rings is 1. The van der Waals surface area contributed by atoms with Gasteiger partial charge in [0.2, 0.25) is 5.58 Å². The van der Waals surface area contributed by atoms with Gasteiger partial charge in [-0.05, 0) is 42.0 Å². The van der Waals surface area contributed by atoms with E-state index in [-0.39, 0.29) is 5.58 Å². The lowest BCUT2D eigenvalue weighted by molar-refractivity contribution is -0.118. The van der Waals surface area contributed by atoms with Crippen LogP contribution >= 0.6 is 0 Å². The Morgan fingerprint density at radius 1 is 0.968 bits per heavy atom. The topological polar surface area (TPSA) is 77.1 Å². The number of nitrogens with one attached hydrogen (secondary N) is 1. The van der Waals surface area contributed by atoms with Crippen molar-refractivity contribution in [3.63, 3.8) is 0 Å². The Labute approximate surface area is 175 Å². The predicted molar refractivity (Wildman–Crippen MR) is 115 cm³/mol. The molecule has 7 heteroatoms. The molecule has 0 aliphatic carbocycles. The van der Waals surface area contributed by atoms with Gasteiger partial charge in [-0.1, -0.05) is 42.5 Å². The highest BCUT2D eigenvalue weighted by Gasteiger charge is 2.26. The third kappa shape index (κ3) is 3.36. The molecular formula is C24H16FN3O3. The van der Waals surface area contributed by atoms with Crippen LogP contribution in [0.1, 0.15) is 11.6 Å². The number of fused-ring (bicyclic) bond motifs is 3. The minimum Gasteiger partial charge on any atom is -0.448 e. The van der Waals surface area contributed by atoms with E-state index in [1.807, 2.05) is 24.3 Å². The van der Waals surface area contributed by atoms with E-state index in [9.17, 15) is 14.0 Å². The van der Waals surface area contributed by atoms with E-state index in [2.05, 4.69) is 10.3 Å². The minimum absolute atomic E-state index is 0.0826. The molecule has 6 nitrogen and oxygen atoms in total. The highest BCUT2D eigenvalue weighted by molar-refractivity contribution is 6.02. The van der Waals surface area contributed by atoms with Crippen molar-refractivity contribution in [3.8, 4) is 0 Å². The van der Waals surface area contributed by atoms with Crippen molar-refractivity contribution in [2.45, 2.75) is 6.04 Å². The van der Waals surface area contributed by atoms with E-state index in [1.165, 1.54) is 35.2 Å². The Kier molecular flexibility index (Phi) is 4.55. The van der Waals surface area contributed by atoms with Crippen LogP contribution < -0.4 is 10.9 Å². The first kappa shape index (κ1) is 18.7. The fourth-order valence-electron chi connectivity index (χ4n) is 3.60. The number of nitrogens with zero attached hydrogens (tertiary/aromatic N) is 2. The Balaban J connectivity index is 1.64. The first-order chi connectivity index (χ1) is 15.1. The number of carbonyl (C=O) groups excluding carboxylic acids is 1. The zero-order chi connectivity index (χ0) is 21.4.